The molecule has 1 fully saturated rings. The van der Waals surface area contributed by atoms with Gasteiger partial charge in [-0.25, -0.2) is 0 Å². The quantitative estimate of drug-likeness (QED) is 0.767. The van der Waals surface area contributed by atoms with Crippen LogP contribution in [0.4, 0.5) is 5.69 Å². The van der Waals surface area contributed by atoms with E-state index in [4.69, 9.17) is 0 Å². The van der Waals surface area contributed by atoms with Crippen molar-refractivity contribution in [2.45, 2.75) is 19.9 Å². The summed E-state index contributed by atoms with van der Waals surface area (Å²) in [5.41, 5.74) is 2.95. The van der Waals surface area contributed by atoms with Crippen LogP contribution in [0.5, 0.6) is 0 Å². The Labute approximate surface area is 161 Å². The van der Waals surface area contributed by atoms with Crippen LogP contribution < -0.4 is 5.32 Å². The van der Waals surface area contributed by atoms with Crippen LogP contribution >= 0.6 is 0 Å². The number of carbonyl (C=O) groups excluding carboxylic acids is 2. The number of nitrogens with zero attached hydrogens (tertiary/aromatic N) is 2. The van der Waals surface area contributed by atoms with Crippen LogP contribution in [0.15, 0.2) is 54.6 Å². The van der Waals surface area contributed by atoms with Gasteiger partial charge in [-0.1, -0.05) is 30.3 Å². The van der Waals surface area contributed by atoms with Crippen molar-refractivity contribution in [3.63, 3.8) is 0 Å². The molecule has 142 valence electrons. The number of hydrogen-bond donors (Lipinski definition) is 1. The minimum atomic E-state index is 0.0585. The molecule has 5 nitrogen and oxygen atoms in total. The van der Waals surface area contributed by atoms with Gasteiger partial charge in [0.1, 0.15) is 0 Å². The average Bonchev–Trinajstić information content (AvgIpc) is 2.69. The highest BCUT2D eigenvalue weighted by atomic mass is 16.2. The van der Waals surface area contributed by atoms with Gasteiger partial charge in [0.25, 0.3) is 0 Å². The van der Waals surface area contributed by atoms with E-state index in [0.717, 1.165) is 38.4 Å². The van der Waals surface area contributed by atoms with E-state index in [9.17, 15) is 9.59 Å². The summed E-state index contributed by atoms with van der Waals surface area (Å²) >= 11 is 0. The van der Waals surface area contributed by atoms with Gasteiger partial charge in [0.05, 0.1) is 0 Å². The number of anilines is 1. The van der Waals surface area contributed by atoms with Crippen molar-refractivity contribution < 1.29 is 9.59 Å². The van der Waals surface area contributed by atoms with Crippen molar-refractivity contribution in [2.75, 3.05) is 38.0 Å². The molecule has 0 atom stereocenters. The van der Waals surface area contributed by atoms with Gasteiger partial charge in [-0.15, -0.1) is 0 Å². The van der Waals surface area contributed by atoms with Crippen molar-refractivity contribution in [2.24, 2.45) is 0 Å². The molecule has 1 saturated heterocycles. The monoisotopic (exact) mass is 365 g/mol. The number of ketones is 1. The number of Topliss-reactive ketones (excluding diaryl/α,β-unsaturated/α-hetero) is 1. The summed E-state index contributed by atoms with van der Waals surface area (Å²) in [6, 6.07) is 17.8. The highest BCUT2D eigenvalue weighted by Crippen LogP contribution is 2.11. The molecule has 0 aromatic heterocycles. The fourth-order valence-corrected chi connectivity index (χ4v) is 3.29. The molecule has 0 aliphatic carbocycles. The Hall–Kier alpha value is -2.66. The van der Waals surface area contributed by atoms with Crippen LogP contribution in [0.3, 0.4) is 0 Å². The minimum Gasteiger partial charge on any atom is -0.385 e. The van der Waals surface area contributed by atoms with Gasteiger partial charge in [0.2, 0.25) is 5.91 Å². The Morgan fingerprint density at radius 3 is 2.22 bits per heavy atom. The molecule has 1 aliphatic rings. The van der Waals surface area contributed by atoms with Crippen LogP contribution in [-0.2, 0) is 11.3 Å². The lowest BCUT2D eigenvalue weighted by Gasteiger charge is -2.34. The molecule has 0 unspecified atom stereocenters. The van der Waals surface area contributed by atoms with Gasteiger partial charge >= 0.3 is 0 Å². The van der Waals surface area contributed by atoms with E-state index in [1.807, 2.05) is 23.1 Å². The second-order valence-corrected chi connectivity index (χ2v) is 6.95. The van der Waals surface area contributed by atoms with Crippen LogP contribution in [0.1, 0.15) is 29.3 Å². The molecule has 0 bridgehead atoms. The van der Waals surface area contributed by atoms with E-state index < -0.39 is 0 Å². The molecule has 1 amide bonds. The maximum atomic E-state index is 12.4. The Kier molecular flexibility index (Phi) is 6.60. The predicted molar refractivity (Wildman–Crippen MR) is 108 cm³/mol. The second-order valence-electron chi connectivity index (χ2n) is 6.95. The molecular formula is C22H27N3O2. The first-order valence-corrected chi connectivity index (χ1v) is 9.51. The lowest BCUT2D eigenvalue weighted by molar-refractivity contribution is -0.132. The number of rotatable bonds is 7. The number of hydrogen-bond acceptors (Lipinski definition) is 4. The molecule has 0 radical (unpaired) electrons. The zero-order chi connectivity index (χ0) is 19.1. The zero-order valence-corrected chi connectivity index (χ0v) is 15.9. The second kappa shape index (κ2) is 9.33. The molecule has 0 saturated carbocycles. The maximum absolute atomic E-state index is 12.4. The zero-order valence-electron chi connectivity index (χ0n) is 15.9. The molecule has 0 spiro atoms. The van der Waals surface area contributed by atoms with Crippen LogP contribution in [0, 0.1) is 0 Å². The topological polar surface area (TPSA) is 52.7 Å². The minimum absolute atomic E-state index is 0.0585. The third-order valence-electron chi connectivity index (χ3n) is 4.93. The molecular weight excluding hydrogens is 338 g/mol. The number of amides is 1. The molecule has 2 aromatic carbocycles. The number of benzene rings is 2. The standard InChI is InChI=1S/C22H27N3O2/c1-18(26)20-7-9-21(10-8-20)23-12-11-22(27)25-15-13-24(14-16-25)17-19-5-3-2-4-6-19/h2-10,23H,11-17H2,1H3. The normalized spacial score (nSPS) is 14.8. The van der Waals surface area contributed by atoms with Crippen molar-refractivity contribution in [1.29, 1.82) is 0 Å². The Morgan fingerprint density at radius 2 is 1.59 bits per heavy atom. The van der Waals surface area contributed by atoms with E-state index in [2.05, 4.69) is 34.5 Å². The Morgan fingerprint density at radius 1 is 0.926 bits per heavy atom. The third-order valence-corrected chi connectivity index (χ3v) is 4.93. The summed E-state index contributed by atoms with van der Waals surface area (Å²) in [5, 5.41) is 3.25. The van der Waals surface area contributed by atoms with E-state index in [1.165, 1.54) is 5.56 Å². The summed E-state index contributed by atoms with van der Waals surface area (Å²) in [7, 11) is 0. The van der Waals surface area contributed by atoms with Gasteiger partial charge in [0, 0.05) is 56.9 Å². The summed E-state index contributed by atoms with van der Waals surface area (Å²) in [6.07, 6.45) is 0.479. The van der Waals surface area contributed by atoms with Crippen LogP contribution in [-0.4, -0.2) is 54.2 Å². The molecule has 2 aromatic rings. The first-order chi connectivity index (χ1) is 13.1. The van der Waals surface area contributed by atoms with E-state index in [0.29, 0.717) is 18.5 Å². The Balaban J connectivity index is 1.37. The number of carbonyl (C=O) groups is 2. The van der Waals surface area contributed by atoms with Gasteiger partial charge in [-0.3, -0.25) is 14.5 Å². The highest BCUT2D eigenvalue weighted by Gasteiger charge is 2.20. The maximum Gasteiger partial charge on any atom is 0.224 e. The van der Waals surface area contributed by atoms with Crippen molar-refractivity contribution in [1.82, 2.24) is 9.80 Å². The van der Waals surface area contributed by atoms with Gasteiger partial charge in [0.15, 0.2) is 5.78 Å². The van der Waals surface area contributed by atoms with E-state index >= 15 is 0 Å². The average molecular weight is 365 g/mol. The molecule has 27 heavy (non-hydrogen) atoms. The predicted octanol–water partition coefficient (Wildman–Crippen LogP) is 3.04. The molecule has 3 rings (SSSR count). The molecule has 1 aliphatic heterocycles. The van der Waals surface area contributed by atoms with E-state index in [-0.39, 0.29) is 11.7 Å². The lowest BCUT2D eigenvalue weighted by atomic mass is 10.1. The summed E-state index contributed by atoms with van der Waals surface area (Å²) in [4.78, 5) is 28.1. The largest absolute Gasteiger partial charge is 0.385 e. The van der Waals surface area contributed by atoms with Gasteiger partial charge in [-0.2, -0.15) is 0 Å². The summed E-state index contributed by atoms with van der Waals surface area (Å²) in [6.45, 7) is 6.52. The highest BCUT2D eigenvalue weighted by molar-refractivity contribution is 5.94. The lowest BCUT2D eigenvalue weighted by Crippen LogP contribution is -2.48. The number of nitrogens with one attached hydrogen (secondary N) is 1. The molecule has 1 N–H and O–H groups in total. The van der Waals surface area contributed by atoms with Gasteiger partial charge < -0.3 is 10.2 Å². The first-order valence-electron chi connectivity index (χ1n) is 9.51. The Bertz CT molecular complexity index is 751. The third kappa shape index (κ3) is 5.66. The fourth-order valence-electron chi connectivity index (χ4n) is 3.29. The smallest absolute Gasteiger partial charge is 0.224 e. The van der Waals surface area contributed by atoms with Crippen molar-refractivity contribution in [3.05, 3.63) is 65.7 Å². The summed E-state index contributed by atoms with van der Waals surface area (Å²) < 4.78 is 0. The molecule has 5 heteroatoms. The summed E-state index contributed by atoms with van der Waals surface area (Å²) in [5.74, 6) is 0.255. The van der Waals surface area contributed by atoms with Crippen LogP contribution in [0.2, 0.25) is 0 Å². The SMILES string of the molecule is CC(=O)c1ccc(NCCC(=O)N2CCN(Cc3ccccc3)CC2)cc1. The fraction of sp³-hybridized carbons (Fsp3) is 0.364. The van der Waals surface area contributed by atoms with Crippen molar-refractivity contribution in [3.8, 4) is 0 Å². The number of piperazine rings is 1. The van der Waals surface area contributed by atoms with Gasteiger partial charge in [-0.05, 0) is 36.8 Å². The van der Waals surface area contributed by atoms with Crippen molar-refractivity contribution >= 4 is 17.4 Å². The first kappa shape index (κ1) is 19.1. The van der Waals surface area contributed by atoms with E-state index in [1.54, 1.807) is 19.1 Å². The molecule has 1 heterocycles. The van der Waals surface area contributed by atoms with Crippen LogP contribution in [0.25, 0.3) is 0 Å².